The molecule has 2 aromatic carbocycles. The summed E-state index contributed by atoms with van der Waals surface area (Å²) in [6.45, 7) is 1.62. The van der Waals surface area contributed by atoms with Gasteiger partial charge in [-0.3, -0.25) is 0 Å². The SMILES string of the molecule is CN(C)c1ccc(CCNCc2cc(-c3ccccc3)cn3nnnc23)cc1. The van der Waals surface area contributed by atoms with E-state index >= 15 is 0 Å². The van der Waals surface area contributed by atoms with Crippen molar-refractivity contribution in [3.05, 3.63) is 78.0 Å². The molecular weight excluding hydrogens is 348 g/mol. The number of anilines is 1. The molecule has 0 radical (unpaired) electrons. The minimum absolute atomic E-state index is 0.723. The van der Waals surface area contributed by atoms with Crippen molar-refractivity contribution in [1.29, 1.82) is 0 Å². The van der Waals surface area contributed by atoms with Gasteiger partial charge >= 0.3 is 0 Å². The number of benzene rings is 2. The molecule has 1 N–H and O–H groups in total. The van der Waals surface area contributed by atoms with E-state index in [-0.39, 0.29) is 0 Å². The number of nitrogens with one attached hydrogen (secondary N) is 1. The van der Waals surface area contributed by atoms with Gasteiger partial charge in [0.05, 0.1) is 0 Å². The molecule has 2 aromatic heterocycles. The molecule has 0 saturated heterocycles. The van der Waals surface area contributed by atoms with Crippen molar-refractivity contribution >= 4 is 11.3 Å². The molecule has 0 bridgehead atoms. The molecular formula is C22H24N6. The van der Waals surface area contributed by atoms with E-state index in [2.05, 4.69) is 82.3 Å². The molecule has 0 atom stereocenters. The van der Waals surface area contributed by atoms with Gasteiger partial charge < -0.3 is 10.2 Å². The monoisotopic (exact) mass is 372 g/mol. The van der Waals surface area contributed by atoms with Gasteiger partial charge in [0.15, 0.2) is 5.65 Å². The van der Waals surface area contributed by atoms with Crippen LogP contribution in [0.5, 0.6) is 0 Å². The zero-order chi connectivity index (χ0) is 19.3. The Kier molecular flexibility index (Phi) is 5.30. The average Bonchev–Trinajstić information content (AvgIpc) is 3.21. The van der Waals surface area contributed by atoms with Crippen LogP contribution in [0.15, 0.2) is 66.9 Å². The van der Waals surface area contributed by atoms with E-state index in [1.54, 1.807) is 4.52 Å². The quantitative estimate of drug-likeness (QED) is 0.505. The first kappa shape index (κ1) is 18.1. The molecule has 6 nitrogen and oxygen atoms in total. The summed E-state index contributed by atoms with van der Waals surface area (Å²) < 4.78 is 1.75. The first-order valence-corrected chi connectivity index (χ1v) is 9.44. The zero-order valence-corrected chi connectivity index (χ0v) is 16.2. The molecule has 0 fully saturated rings. The van der Waals surface area contributed by atoms with Gasteiger partial charge in [0.1, 0.15) is 0 Å². The second-order valence-corrected chi connectivity index (χ2v) is 7.05. The lowest BCUT2D eigenvalue weighted by Gasteiger charge is -2.13. The fraction of sp³-hybridized carbons (Fsp3) is 0.227. The molecule has 0 amide bonds. The average molecular weight is 372 g/mol. The Morgan fingerprint density at radius 2 is 1.75 bits per heavy atom. The van der Waals surface area contributed by atoms with E-state index in [1.807, 2.05) is 24.4 Å². The molecule has 0 spiro atoms. The highest BCUT2D eigenvalue weighted by molar-refractivity contribution is 5.66. The molecule has 142 valence electrons. The third-order valence-electron chi connectivity index (χ3n) is 4.84. The van der Waals surface area contributed by atoms with Crippen molar-refractivity contribution in [2.45, 2.75) is 13.0 Å². The fourth-order valence-corrected chi connectivity index (χ4v) is 3.25. The van der Waals surface area contributed by atoms with Crippen LogP contribution in [0.25, 0.3) is 16.8 Å². The summed E-state index contributed by atoms with van der Waals surface area (Å²) in [6.07, 6.45) is 2.95. The second-order valence-electron chi connectivity index (χ2n) is 7.05. The number of tetrazole rings is 1. The van der Waals surface area contributed by atoms with Gasteiger partial charge in [-0.05, 0) is 52.7 Å². The van der Waals surface area contributed by atoms with Crippen molar-refractivity contribution < 1.29 is 0 Å². The molecule has 0 aliphatic carbocycles. The lowest BCUT2D eigenvalue weighted by Crippen LogP contribution is -2.17. The minimum atomic E-state index is 0.723. The Balaban J connectivity index is 1.43. The summed E-state index contributed by atoms with van der Waals surface area (Å²) in [5, 5.41) is 15.6. The highest BCUT2D eigenvalue weighted by Crippen LogP contribution is 2.21. The Bertz CT molecular complexity index is 1040. The van der Waals surface area contributed by atoms with Gasteiger partial charge in [0, 0.05) is 43.7 Å². The molecule has 4 aromatic rings. The highest BCUT2D eigenvalue weighted by Gasteiger charge is 2.09. The third kappa shape index (κ3) is 4.02. The fourth-order valence-electron chi connectivity index (χ4n) is 3.25. The number of nitrogens with zero attached hydrogens (tertiary/aromatic N) is 5. The van der Waals surface area contributed by atoms with Crippen molar-refractivity contribution in [3.63, 3.8) is 0 Å². The lowest BCUT2D eigenvalue weighted by atomic mass is 10.1. The van der Waals surface area contributed by atoms with Gasteiger partial charge in [0.2, 0.25) is 0 Å². The van der Waals surface area contributed by atoms with E-state index in [4.69, 9.17) is 0 Å². The standard InChI is InChI=1S/C22H24N6/c1-27(2)21-10-8-17(9-11-21)12-13-23-15-19-14-20(18-6-4-3-5-7-18)16-28-22(19)24-25-26-28/h3-11,14,16,23H,12-13,15H2,1-2H3. The van der Waals surface area contributed by atoms with E-state index < -0.39 is 0 Å². The second kappa shape index (κ2) is 8.19. The Morgan fingerprint density at radius 3 is 2.50 bits per heavy atom. The predicted molar refractivity (Wildman–Crippen MR) is 112 cm³/mol. The van der Waals surface area contributed by atoms with Crippen LogP contribution in [-0.4, -0.2) is 40.7 Å². The first-order chi connectivity index (χ1) is 13.7. The first-order valence-electron chi connectivity index (χ1n) is 9.44. The lowest BCUT2D eigenvalue weighted by molar-refractivity contribution is 0.686. The zero-order valence-electron chi connectivity index (χ0n) is 16.2. The number of rotatable bonds is 7. The summed E-state index contributed by atoms with van der Waals surface area (Å²) in [7, 11) is 4.11. The topological polar surface area (TPSA) is 58.4 Å². The van der Waals surface area contributed by atoms with Crippen LogP contribution in [0.4, 0.5) is 5.69 Å². The largest absolute Gasteiger partial charge is 0.378 e. The van der Waals surface area contributed by atoms with Crippen LogP contribution < -0.4 is 10.2 Å². The summed E-state index contributed by atoms with van der Waals surface area (Å²) in [5.74, 6) is 0. The van der Waals surface area contributed by atoms with Gasteiger partial charge in [-0.2, -0.15) is 4.52 Å². The Labute approximate surface area is 164 Å². The van der Waals surface area contributed by atoms with Crippen LogP contribution in [-0.2, 0) is 13.0 Å². The number of aromatic nitrogens is 4. The van der Waals surface area contributed by atoms with Gasteiger partial charge in [0.25, 0.3) is 0 Å². The third-order valence-corrected chi connectivity index (χ3v) is 4.84. The van der Waals surface area contributed by atoms with E-state index in [0.717, 1.165) is 41.8 Å². The van der Waals surface area contributed by atoms with Crippen LogP contribution in [0.1, 0.15) is 11.1 Å². The molecule has 6 heteroatoms. The molecule has 0 unspecified atom stereocenters. The Hall–Kier alpha value is -3.25. The molecule has 2 heterocycles. The summed E-state index contributed by atoms with van der Waals surface area (Å²) in [4.78, 5) is 2.11. The number of fused-ring (bicyclic) bond motifs is 1. The van der Waals surface area contributed by atoms with Crippen molar-refractivity contribution in [1.82, 2.24) is 25.4 Å². The predicted octanol–water partition coefficient (Wildman–Crippen LogP) is 3.19. The smallest absolute Gasteiger partial charge is 0.183 e. The van der Waals surface area contributed by atoms with Gasteiger partial charge in [-0.1, -0.05) is 42.5 Å². The van der Waals surface area contributed by atoms with Crippen LogP contribution in [0.2, 0.25) is 0 Å². The van der Waals surface area contributed by atoms with Crippen molar-refractivity contribution in [2.75, 3.05) is 25.5 Å². The van der Waals surface area contributed by atoms with E-state index in [1.165, 1.54) is 11.3 Å². The number of pyridine rings is 1. The maximum atomic E-state index is 4.17. The minimum Gasteiger partial charge on any atom is -0.378 e. The van der Waals surface area contributed by atoms with Crippen molar-refractivity contribution in [3.8, 4) is 11.1 Å². The maximum Gasteiger partial charge on any atom is 0.183 e. The van der Waals surface area contributed by atoms with E-state index in [0.29, 0.717) is 0 Å². The molecule has 4 rings (SSSR count). The summed E-state index contributed by atoms with van der Waals surface area (Å²) in [5.41, 5.74) is 6.69. The maximum absolute atomic E-state index is 4.17. The van der Waals surface area contributed by atoms with Crippen molar-refractivity contribution in [2.24, 2.45) is 0 Å². The van der Waals surface area contributed by atoms with Crippen LogP contribution >= 0.6 is 0 Å². The summed E-state index contributed by atoms with van der Waals surface area (Å²) in [6, 6.07) is 21.2. The number of hydrogen-bond acceptors (Lipinski definition) is 5. The van der Waals surface area contributed by atoms with Gasteiger partial charge in [-0.15, -0.1) is 5.10 Å². The highest BCUT2D eigenvalue weighted by atomic mass is 15.5. The van der Waals surface area contributed by atoms with Crippen LogP contribution in [0, 0.1) is 0 Å². The normalized spacial score (nSPS) is 11.1. The van der Waals surface area contributed by atoms with Crippen LogP contribution in [0.3, 0.4) is 0 Å². The van der Waals surface area contributed by atoms with E-state index in [9.17, 15) is 0 Å². The summed E-state index contributed by atoms with van der Waals surface area (Å²) >= 11 is 0. The molecule has 28 heavy (non-hydrogen) atoms. The van der Waals surface area contributed by atoms with Gasteiger partial charge in [-0.25, -0.2) is 0 Å². The number of hydrogen-bond donors (Lipinski definition) is 1. The molecule has 0 aliphatic heterocycles. The molecule has 0 aliphatic rings. The Morgan fingerprint density at radius 1 is 0.964 bits per heavy atom. The molecule has 0 saturated carbocycles.